The van der Waals surface area contributed by atoms with Crippen molar-refractivity contribution in [3.63, 3.8) is 0 Å². The van der Waals surface area contributed by atoms with E-state index in [0.717, 1.165) is 15.6 Å². The number of hydrogen-bond acceptors (Lipinski definition) is 4. The molecule has 1 heterocycles. The van der Waals surface area contributed by atoms with Gasteiger partial charge in [0.2, 0.25) is 0 Å². The van der Waals surface area contributed by atoms with Crippen molar-refractivity contribution in [1.82, 2.24) is 4.31 Å². The van der Waals surface area contributed by atoms with E-state index in [2.05, 4.69) is 15.9 Å². The number of aliphatic carboxylic acids is 1. The van der Waals surface area contributed by atoms with E-state index in [9.17, 15) is 13.2 Å². The van der Waals surface area contributed by atoms with Gasteiger partial charge in [-0.3, -0.25) is 4.79 Å². The average Bonchev–Trinajstić information content (AvgIpc) is 2.59. The number of carbonyl (C=O) groups is 1. The highest BCUT2D eigenvalue weighted by atomic mass is 79.9. The van der Waals surface area contributed by atoms with Crippen molar-refractivity contribution in [2.24, 2.45) is 0 Å². The molecule has 0 saturated heterocycles. The van der Waals surface area contributed by atoms with E-state index in [0.29, 0.717) is 15.2 Å². The first-order valence-electron chi connectivity index (χ1n) is 4.95. The van der Waals surface area contributed by atoms with Gasteiger partial charge in [-0.05, 0) is 28.4 Å². The molecule has 5 nitrogen and oxygen atoms in total. The maximum absolute atomic E-state index is 12.2. The highest BCUT2D eigenvalue weighted by Crippen LogP contribution is 2.35. The van der Waals surface area contributed by atoms with Crippen molar-refractivity contribution < 1.29 is 18.3 Å². The summed E-state index contributed by atoms with van der Waals surface area (Å²) < 4.78 is 25.9. The molecule has 0 unspecified atom stereocenters. The van der Waals surface area contributed by atoms with Crippen molar-refractivity contribution in [1.29, 1.82) is 0 Å². The van der Waals surface area contributed by atoms with Crippen LogP contribution in [0.2, 0.25) is 5.02 Å². The minimum atomic E-state index is -3.80. The molecule has 0 radical (unpaired) electrons. The van der Waals surface area contributed by atoms with Gasteiger partial charge in [-0.25, -0.2) is 8.42 Å². The average molecular weight is 377 g/mol. The van der Waals surface area contributed by atoms with Crippen LogP contribution in [-0.4, -0.2) is 36.9 Å². The molecule has 0 saturated carbocycles. The second kappa shape index (κ2) is 6.33. The number of sulfonamides is 1. The van der Waals surface area contributed by atoms with Crippen molar-refractivity contribution in [3.8, 4) is 0 Å². The Bertz CT molecular complexity index is 523. The zero-order chi connectivity index (χ0) is 13.9. The van der Waals surface area contributed by atoms with Gasteiger partial charge >= 0.3 is 5.97 Å². The number of halogens is 2. The van der Waals surface area contributed by atoms with Gasteiger partial charge in [0.15, 0.2) is 0 Å². The van der Waals surface area contributed by atoms with Crippen LogP contribution in [0.4, 0.5) is 0 Å². The third kappa shape index (κ3) is 3.67. The second-order valence-electron chi connectivity index (χ2n) is 3.42. The molecule has 1 rings (SSSR count). The molecule has 0 spiro atoms. The molecule has 1 aromatic heterocycles. The summed E-state index contributed by atoms with van der Waals surface area (Å²) in [6.45, 7) is 1.38. The summed E-state index contributed by atoms with van der Waals surface area (Å²) in [7, 11) is -3.80. The van der Waals surface area contributed by atoms with Crippen molar-refractivity contribution in [3.05, 3.63) is 14.9 Å². The molecule has 0 aliphatic rings. The van der Waals surface area contributed by atoms with E-state index in [4.69, 9.17) is 16.7 Å². The lowest BCUT2D eigenvalue weighted by Gasteiger charge is -2.18. The molecular formula is C9H11BrClNO4S2. The van der Waals surface area contributed by atoms with Crippen LogP contribution in [0.25, 0.3) is 0 Å². The number of nitrogens with zero attached hydrogens (tertiary/aromatic N) is 1. The zero-order valence-electron chi connectivity index (χ0n) is 9.39. The Balaban J connectivity index is 3.12. The van der Waals surface area contributed by atoms with Crippen LogP contribution in [0.15, 0.2) is 14.1 Å². The van der Waals surface area contributed by atoms with E-state index in [1.807, 2.05) is 0 Å². The molecule has 9 heteroatoms. The maximum atomic E-state index is 12.2. The van der Waals surface area contributed by atoms with Gasteiger partial charge in [-0.2, -0.15) is 4.31 Å². The van der Waals surface area contributed by atoms with E-state index in [-0.39, 0.29) is 10.8 Å². The van der Waals surface area contributed by atoms with E-state index in [1.165, 1.54) is 6.07 Å². The van der Waals surface area contributed by atoms with Gasteiger partial charge in [0.05, 0.1) is 8.81 Å². The van der Waals surface area contributed by atoms with Crippen LogP contribution >= 0.6 is 38.9 Å². The molecule has 102 valence electrons. The standard InChI is InChI=1S/C9H11BrClNO4S2/c1-2-3-12(5-7(13)14)18(15,16)8-4-6(11)9(10)17-8/h4H,2-3,5H2,1H3,(H,13,14). The molecule has 0 bridgehead atoms. The summed E-state index contributed by atoms with van der Waals surface area (Å²) in [5, 5.41) is 9.04. The first-order valence-corrected chi connectivity index (χ1v) is 8.38. The lowest BCUT2D eigenvalue weighted by molar-refractivity contribution is -0.137. The van der Waals surface area contributed by atoms with Crippen LogP contribution in [0.1, 0.15) is 13.3 Å². The summed E-state index contributed by atoms with van der Waals surface area (Å²) >= 11 is 9.89. The van der Waals surface area contributed by atoms with Gasteiger partial charge in [-0.1, -0.05) is 18.5 Å². The highest BCUT2D eigenvalue weighted by Gasteiger charge is 2.28. The third-order valence-electron chi connectivity index (χ3n) is 2.00. The molecule has 0 aliphatic carbocycles. The molecule has 0 fully saturated rings. The molecule has 1 N–H and O–H groups in total. The minimum Gasteiger partial charge on any atom is -0.480 e. The summed E-state index contributed by atoms with van der Waals surface area (Å²) in [6, 6.07) is 1.32. The van der Waals surface area contributed by atoms with Crippen molar-refractivity contribution in [2.75, 3.05) is 13.1 Å². The number of carboxylic acids is 1. The predicted octanol–water partition coefficient (Wildman–Crippen LogP) is 2.65. The van der Waals surface area contributed by atoms with E-state index in [1.54, 1.807) is 6.92 Å². The number of hydrogen-bond donors (Lipinski definition) is 1. The smallest absolute Gasteiger partial charge is 0.318 e. The molecule has 0 atom stereocenters. The third-order valence-corrected chi connectivity index (χ3v) is 6.77. The lowest BCUT2D eigenvalue weighted by atomic mass is 10.5. The fraction of sp³-hybridized carbons (Fsp3) is 0.444. The number of thiophene rings is 1. The lowest BCUT2D eigenvalue weighted by Crippen LogP contribution is -2.35. The summed E-state index contributed by atoms with van der Waals surface area (Å²) in [4.78, 5) is 10.7. The van der Waals surface area contributed by atoms with Crippen LogP contribution in [0.3, 0.4) is 0 Å². The Morgan fingerprint density at radius 1 is 1.61 bits per heavy atom. The van der Waals surface area contributed by atoms with E-state index >= 15 is 0 Å². The van der Waals surface area contributed by atoms with Crippen LogP contribution in [0.5, 0.6) is 0 Å². The van der Waals surface area contributed by atoms with Crippen molar-refractivity contribution in [2.45, 2.75) is 17.6 Å². The zero-order valence-corrected chi connectivity index (χ0v) is 13.4. The Morgan fingerprint density at radius 3 is 2.61 bits per heavy atom. The summed E-state index contributed by atoms with van der Waals surface area (Å²) in [5.74, 6) is -1.19. The normalized spacial score (nSPS) is 12.0. The first kappa shape index (κ1) is 15.9. The quantitative estimate of drug-likeness (QED) is 0.828. The predicted molar refractivity (Wildman–Crippen MR) is 73.7 cm³/mol. The maximum Gasteiger partial charge on any atom is 0.318 e. The number of carboxylic acid groups (broad SMARTS) is 1. The van der Waals surface area contributed by atoms with Gasteiger partial charge in [0.25, 0.3) is 10.0 Å². The molecule has 18 heavy (non-hydrogen) atoms. The second-order valence-corrected chi connectivity index (χ2v) is 8.36. The van der Waals surface area contributed by atoms with Crippen LogP contribution < -0.4 is 0 Å². The van der Waals surface area contributed by atoms with Gasteiger partial charge in [0.1, 0.15) is 10.8 Å². The largest absolute Gasteiger partial charge is 0.480 e. The van der Waals surface area contributed by atoms with Crippen LogP contribution in [-0.2, 0) is 14.8 Å². The Morgan fingerprint density at radius 2 is 2.22 bits per heavy atom. The Hall–Kier alpha value is -0.150. The van der Waals surface area contributed by atoms with Gasteiger partial charge < -0.3 is 5.11 Å². The van der Waals surface area contributed by atoms with E-state index < -0.39 is 22.5 Å². The fourth-order valence-corrected chi connectivity index (χ4v) is 5.30. The molecule has 1 aromatic rings. The SMILES string of the molecule is CCCN(CC(=O)O)S(=O)(=O)c1cc(Cl)c(Br)s1. The topological polar surface area (TPSA) is 74.7 Å². The van der Waals surface area contributed by atoms with Gasteiger partial charge in [0, 0.05) is 6.54 Å². The minimum absolute atomic E-state index is 0.0362. The highest BCUT2D eigenvalue weighted by molar-refractivity contribution is 9.11. The molecular weight excluding hydrogens is 366 g/mol. The first-order chi connectivity index (χ1) is 8.28. The fourth-order valence-electron chi connectivity index (χ4n) is 1.27. The Labute approximate surface area is 123 Å². The molecule has 0 aliphatic heterocycles. The molecule has 0 aromatic carbocycles. The molecule has 0 amide bonds. The van der Waals surface area contributed by atoms with Gasteiger partial charge in [-0.15, -0.1) is 11.3 Å². The van der Waals surface area contributed by atoms with Crippen LogP contribution in [0, 0.1) is 0 Å². The number of rotatable bonds is 6. The Kier molecular flexibility index (Phi) is 5.60. The summed E-state index contributed by atoms with van der Waals surface area (Å²) in [6.07, 6.45) is 0.535. The van der Waals surface area contributed by atoms with Crippen molar-refractivity contribution >= 4 is 54.9 Å². The monoisotopic (exact) mass is 375 g/mol. The summed E-state index contributed by atoms with van der Waals surface area (Å²) in [5.41, 5.74) is 0.